The second kappa shape index (κ2) is 12.7. The van der Waals surface area contributed by atoms with Crippen molar-refractivity contribution < 1.29 is 24.2 Å². The fraction of sp³-hybridized carbons (Fsp3) is 0.536. The van der Waals surface area contributed by atoms with Crippen molar-refractivity contribution >= 4 is 23.0 Å². The molecule has 2 aromatic rings. The van der Waals surface area contributed by atoms with E-state index < -0.39 is 17.7 Å². The third kappa shape index (κ3) is 6.40. The molecule has 8 nitrogen and oxygen atoms in total. The first-order valence-corrected chi connectivity index (χ1v) is 14.0. The lowest BCUT2D eigenvalue weighted by Gasteiger charge is -2.31. The molecule has 1 N–H and O–H groups in total. The molecule has 2 aliphatic heterocycles. The molecule has 9 heteroatoms. The maximum atomic E-state index is 13.7. The highest BCUT2D eigenvalue weighted by Gasteiger charge is 2.44. The van der Waals surface area contributed by atoms with E-state index in [2.05, 4.69) is 16.8 Å². The lowest BCUT2D eigenvalue weighted by Crippen LogP contribution is -2.43. The minimum absolute atomic E-state index is 0.118. The van der Waals surface area contributed by atoms with Crippen molar-refractivity contribution in [1.82, 2.24) is 14.8 Å². The molecule has 1 amide bonds. The number of carbonyl (C=O) groups is 2. The molecule has 0 bridgehead atoms. The van der Waals surface area contributed by atoms with Gasteiger partial charge in [0, 0.05) is 26.2 Å². The lowest BCUT2D eigenvalue weighted by molar-refractivity contribution is -0.129. The predicted octanol–water partition coefficient (Wildman–Crippen LogP) is 4.63. The number of ketones is 1. The second-order valence-electron chi connectivity index (χ2n) is 9.57. The van der Waals surface area contributed by atoms with Crippen molar-refractivity contribution in [2.45, 2.75) is 52.5 Å². The molecule has 0 radical (unpaired) electrons. The smallest absolute Gasteiger partial charge is 0.290 e. The first kappa shape index (κ1) is 27.3. The van der Waals surface area contributed by atoms with Gasteiger partial charge in [-0.25, -0.2) is 4.98 Å². The summed E-state index contributed by atoms with van der Waals surface area (Å²) in [6.45, 7) is 10.4. The fourth-order valence-electron chi connectivity index (χ4n) is 4.87. The summed E-state index contributed by atoms with van der Waals surface area (Å²) < 4.78 is 11.3. The fourth-order valence-corrected chi connectivity index (χ4v) is 5.74. The van der Waals surface area contributed by atoms with Gasteiger partial charge >= 0.3 is 0 Å². The average molecular weight is 528 g/mol. The summed E-state index contributed by atoms with van der Waals surface area (Å²) in [4.78, 5) is 35.7. The van der Waals surface area contributed by atoms with E-state index in [1.54, 1.807) is 11.8 Å². The summed E-state index contributed by atoms with van der Waals surface area (Å²) in [6.07, 6.45) is 4.52. The number of hydrogen-bond donors (Lipinski definition) is 1. The maximum Gasteiger partial charge on any atom is 0.290 e. The Balaban J connectivity index is 1.58. The van der Waals surface area contributed by atoms with Gasteiger partial charge in [-0.3, -0.25) is 14.5 Å². The average Bonchev–Trinajstić information content (AvgIpc) is 3.37. The third-order valence-electron chi connectivity index (χ3n) is 6.88. The van der Waals surface area contributed by atoms with Crippen LogP contribution in [0.15, 0.2) is 35.6 Å². The molecular formula is C28H37N3O5S. The third-order valence-corrected chi connectivity index (χ3v) is 7.95. The van der Waals surface area contributed by atoms with Crippen LogP contribution in [-0.4, -0.2) is 77.6 Å². The highest BCUT2D eigenvalue weighted by molar-refractivity contribution is 7.14. The molecule has 1 fully saturated rings. The van der Waals surface area contributed by atoms with E-state index in [-0.39, 0.29) is 11.4 Å². The van der Waals surface area contributed by atoms with E-state index in [1.165, 1.54) is 24.2 Å². The summed E-state index contributed by atoms with van der Waals surface area (Å²) >= 11 is 1.29. The van der Waals surface area contributed by atoms with Crippen LogP contribution in [0.4, 0.5) is 0 Å². The number of aromatic nitrogens is 1. The zero-order valence-corrected chi connectivity index (χ0v) is 22.8. The largest absolute Gasteiger partial charge is 0.503 e. The molecule has 200 valence electrons. The highest BCUT2D eigenvalue weighted by Crippen LogP contribution is 2.40. The molecule has 4 rings (SSSR count). The van der Waals surface area contributed by atoms with Crippen LogP contribution in [0, 0.1) is 13.8 Å². The molecule has 0 spiro atoms. The Kier molecular flexibility index (Phi) is 9.34. The molecular weight excluding hydrogens is 490 g/mol. The number of aliphatic hydroxyl groups is 1. The van der Waals surface area contributed by atoms with Gasteiger partial charge in [0.05, 0.1) is 47.0 Å². The van der Waals surface area contributed by atoms with Gasteiger partial charge in [0.1, 0.15) is 5.75 Å². The number of aliphatic hydroxyl groups excluding tert-OH is 1. The molecule has 1 saturated heterocycles. The Labute approximate surface area is 222 Å². The standard InChI is InChI=1S/C28H37N3O5S/c1-4-5-6-7-16-36-22-10-8-21(9-11-22)24-23(25(32)27-19(2)29-20(3)37-27)26(33)28(34)31(24)13-12-30-14-17-35-18-15-30/h8-11,24,33H,4-7,12-18H2,1-3H3. The van der Waals surface area contributed by atoms with E-state index in [9.17, 15) is 14.7 Å². The predicted molar refractivity (Wildman–Crippen MR) is 143 cm³/mol. The van der Waals surface area contributed by atoms with Gasteiger partial charge in [-0.1, -0.05) is 38.3 Å². The van der Waals surface area contributed by atoms with Crippen molar-refractivity contribution in [2.24, 2.45) is 0 Å². The molecule has 0 aliphatic carbocycles. The van der Waals surface area contributed by atoms with Crippen molar-refractivity contribution in [1.29, 1.82) is 0 Å². The number of rotatable bonds is 12. The Hall–Kier alpha value is -2.75. The Morgan fingerprint density at radius 1 is 1.14 bits per heavy atom. The number of nitrogens with zero attached hydrogens (tertiary/aromatic N) is 3. The van der Waals surface area contributed by atoms with Gasteiger partial charge in [0.2, 0.25) is 5.78 Å². The van der Waals surface area contributed by atoms with Crippen molar-refractivity contribution in [3.8, 4) is 5.75 Å². The van der Waals surface area contributed by atoms with Crippen molar-refractivity contribution in [3.63, 3.8) is 0 Å². The van der Waals surface area contributed by atoms with Crippen molar-refractivity contribution in [3.05, 3.63) is 56.7 Å². The molecule has 0 saturated carbocycles. The van der Waals surface area contributed by atoms with Crippen molar-refractivity contribution in [2.75, 3.05) is 46.0 Å². The van der Waals surface area contributed by atoms with Gasteiger partial charge < -0.3 is 19.5 Å². The molecule has 1 aromatic heterocycles. The number of Topliss-reactive ketones (excluding diaryl/α,β-unsaturated/α-hetero) is 1. The van der Waals surface area contributed by atoms with Gasteiger partial charge in [-0.05, 0) is 38.0 Å². The zero-order valence-electron chi connectivity index (χ0n) is 22.0. The second-order valence-corrected chi connectivity index (χ2v) is 10.8. The van der Waals surface area contributed by atoms with Crippen LogP contribution in [0.1, 0.15) is 64.6 Å². The SMILES string of the molecule is CCCCCCOc1ccc(C2C(C(=O)c3sc(C)nc3C)=C(O)C(=O)N2CCN2CCOCC2)cc1. The lowest BCUT2D eigenvalue weighted by atomic mass is 9.95. The Morgan fingerprint density at radius 2 is 1.86 bits per heavy atom. The van der Waals surface area contributed by atoms with E-state index in [0.717, 1.165) is 42.3 Å². The topological polar surface area (TPSA) is 92.2 Å². The number of amides is 1. The molecule has 1 atom stereocenters. The molecule has 37 heavy (non-hydrogen) atoms. The number of aryl methyl sites for hydroxylation is 2. The number of morpholine rings is 1. The summed E-state index contributed by atoms with van der Waals surface area (Å²) in [7, 11) is 0. The Morgan fingerprint density at radius 3 is 2.51 bits per heavy atom. The van der Waals surface area contributed by atoms with E-state index in [0.29, 0.717) is 43.5 Å². The number of ether oxygens (including phenoxy) is 2. The maximum absolute atomic E-state index is 13.7. The van der Waals surface area contributed by atoms with E-state index in [1.807, 2.05) is 31.2 Å². The number of carbonyl (C=O) groups excluding carboxylic acids is 2. The van der Waals surface area contributed by atoms with Gasteiger partial charge in [-0.15, -0.1) is 11.3 Å². The highest BCUT2D eigenvalue weighted by atomic mass is 32.1. The van der Waals surface area contributed by atoms with Gasteiger partial charge in [0.15, 0.2) is 5.76 Å². The van der Waals surface area contributed by atoms with Crippen LogP contribution in [0.2, 0.25) is 0 Å². The summed E-state index contributed by atoms with van der Waals surface area (Å²) in [5, 5.41) is 11.7. The van der Waals surface area contributed by atoms with E-state index >= 15 is 0 Å². The molecule has 3 heterocycles. The number of benzene rings is 1. The minimum atomic E-state index is -0.679. The number of unbranched alkanes of at least 4 members (excludes halogenated alkanes) is 3. The minimum Gasteiger partial charge on any atom is -0.503 e. The van der Waals surface area contributed by atoms with Crippen LogP contribution in [0.5, 0.6) is 5.75 Å². The normalized spacial score (nSPS) is 18.6. The molecule has 1 aromatic carbocycles. The zero-order chi connectivity index (χ0) is 26.4. The van der Waals surface area contributed by atoms with E-state index in [4.69, 9.17) is 9.47 Å². The number of thiazole rings is 1. The van der Waals surface area contributed by atoms with Gasteiger partial charge in [0.25, 0.3) is 5.91 Å². The molecule has 1 unspecified atom stereocenters. The van der Waals surface area contributed by atoms with Crippen LogP contribution >= 0.6 is 11.3 Å². The summed E-state index contributed by atoms with van der Waals surface area (Å²) in [5.74, 6) is -0.584. The first-order chi connectivity index (χ1) is 17.9. The molecule has 2 aliphatic rings. The number of hydrogen-bond acceptors (Lipinski definition) is 8. The van der Waals surface area contributed by atoms with Crippen LogP contribution in [0.25, 0.3) is 0 Å². The summed E-state index contributed by atoms with van der Waals surface area (Å²) in [6, 6.07) is 6.84. The monoisotopic (exact) mass is 527 g/mol. The van der Waals surface area contributed by atoms with Crippen LogP contribution in [-0.2, 0) is 9.53 Å². The Bertz CT molecular complexity index is 1120. The van der Waals surface area contributed by atoms with Crippen LogP contribution in [0.3, 0.4) is 0 Å². The van der Waals surface area contributed by atoms with Crippen LogP contribution < -0.4 is 4.74 Å². The quantitative estimate of drug-likeness (QED) is 0.318. The van der Waals surface area contributed by atoms with Gasteiger partial charge in [-0.2, -0.15) is 0 Å². The summed E-state index contributed by atoms with van der Waals surface area (Å²) in [5.41, 5.74) is 1.49. The first-order valence-electron chi connectivity index (χ1n) is 13.2.